The molecule has 2 aromatic heterocycles. The quantitative estimate of drug-likeness (QED) is 0.942. The van der Waals surface area contributed by atoms with Crippen LogP contribution < -0.4 is 10.1 Å². The molecule has 0 bridgehead atoms. The maximum absolute atomic E-state index is 12.4. The van der Waals surface area contributed by atoms with Crippen LogP contribution in [0.2, 0.25) is 0 Å². The molecular formula is C17H20N2O2S. The first-order valence-electron chi connectivity index (χ1n) is 7.55. The summed E-state index contributed by atoms with van der Waals surface area (Å²) >= 11 is 1.63. The third-order valence-corrected chi connectivity index (χ3v) is 5.27. The van der Waals surface area contributed by atoms with E-state index in [9.17, 15) is 4.79 Å². The number of ether oxygens (including phenoxy) is 1. The molecule has 1 unspecified atom stereocenters. The van der Waals surface area contributed by atoms with Crippen molar-refractivity contribution in [1.29, 1.82) is 0 Å². The van der Waals surface area contributed by atoms with Gasteiger partial charge in [0.1, 0.15) is 0 Å². The van der Waals surface area contributed by atoms with Crippen LogP contribution in [-0.2, 0) is 19.4 Å². The molecule has 0 aliphatic heterocycles. The first-order chi connectivity index (χ1) is 10.7. The Bertz CT molecular complexity index is 681. The fourth-order valence-electron chi connectivity index (χ4n) is 2.82. The summed E-state index contributed by atoms with van der Waals surface area (Å²) in [7, 11) is 1.59. The van der Waals surface area contributed by atoms with Crippen LogP contribution in [-0.4, -0.2) is 18.0 Å². The third kappa shape index (κ3) is 3.14. The van der Waals surface area contributed by atoms with Crippen LogP contribution in [0, 0.1) is 5.92 Å². The van der Waals surface area contributed by atoms with E-state index in [0.29, 0.717) is 12.4 Å². The lowest BCUT2D eigenvalue weighted by atomic mass is 9.90. The Morgan fingerprint density at radius 2 is 2.41 bits per heavy atom. The van der Waals surface area contributed by atoms with Gasteiger partial charge in [-0.05, 0) is 42.9 Å². The zero-order valence-electron chi connectivity index (χ0n) is 12.9. The highest BCUT2D eigenvalue weighted by atomic mass is 32.1. The smallest absolute Gasteiger partial charge is 0.261 e. The highest BCUT2D eigenvalue weighted by Gasteiger charge is 2.20. The van der Waals surface area contributed by atoms with E-state index in [0.717, 1.165) is 29.2 Å². The van der Waals surface area contributed by atoms with Crippen molar-refractivity contribution in [3.63, 3.8) is 0 Å². The highest BCUT2D eigenvalue weighted by molar-refractivity contribution is 7.14. The van der Waals surface area contributed by atoms with E-state index >= 15 is 0 Å². The third-order valence-electron chi connectivity index (χ3n) is 4.04. The van der Waals surface area contributed by atoms with Crippen LogP contribution >= 0.6 is 11.3 Å². The minimum absolute atomic E-state index is 0.0158. The van der Waals surface area contributed by atoms with Crippen LogP contribution in [0.15, 0.2) is 24.4 Å². The molecule has 1 N–H and O–H groups in total. The van der Waals surface area contributed by atoms with Gasteiger partial charge in [0.15, 0.2) is 0 Å². The second kappa shape index (κ2) is 6.48. The zero-order chi connectivity index (χ0) is 15.5. The summed E-state index contributed by atoms with van der Waals surface area (Å²) in [5.74, 6) is 1.26. The number of thiophene rings is 1. The van der Waals surface area contributed by atoms with Crippen molar-refractivity contribution in [3.05, 3.63) is 45.3 Å². The van der Waals surface area contributed by atoms with Crippen molar-refractivity contribution >= 4 is 17.2 Å². The molecule has 0 saturated heterocycles. The van der Waals surface area contributed by atoms with Crippen LogP contribution in [0.5, 0.6) is 5.88 Å². The summed E-state index contributed by atoms with van der Waals surface area (Å²) in [4.78, 5) is 18.7. The minimum atomic E-state index is -0.0158. The summed E-state index contributed by atoms with van der Waals surface area (Å²) in [6.07, 6.45) is 5.10. The number of carbonyl (C=O) groups excluding carboxylic acids is 1. The summed E-state index contributed by atoms with van der Waals surface area (Å²) in [5.41, 5.74) is 2.24. The van der Waals surface area contributed by atoms with Gasteiger partial charge in [-0.15, -0.1) is 11.3 Å². The molecule has 0 fully saturated rings. The second-order valence-electron chi connectivity index (χ2n) is 5.76. The van der Waals surface area contributed by atoms with Gasteiger partial charge in [0.2, 0.25) is 5.88 Å². The van der Waals surface area contributed by atoms with E-state index < -0.39 is 0 Å². The van der Waals surface area contributed by atoms with E-state index in [1.54, 1.807) is 24.6 Å². The molecule has 2 heterocycles. The molecule has 0 spiro atoms. The topological polar surface area (TPSA) is 51.2 Å². The van der Waals surface area contributed by atoms with E-state index in [2.05, 4.69) is 23.3 Å². The molecule has 116 valence electrons. The molecule has 0 saturated carbocycles. The van der Waals surface area contributed by atoms with Crippen LogP contribution in [0.3, 0.4) is 0 Å². The monoisotopic (exact) mass is 316 g/mol. The molecule has 1 aliphatic rings. The van der Waals surface area contributed by atoms with Crippen LogP contribution in [0.4, 0.5) is 0 Å². The number of fused-ring (bicyclic) bond motifs is 1. The molecule has 1 amide bonds. The molecule has 2 aromatic rings. The number of pyridine rings is 1. The standard InChI is InChI=1S/C17H20N2O2S/c1-11-5-6-14-13(8-11)9-15(22-14)16(20)19-10-12-4-3-7-18-17(12)21-2/h3-4,7,9,11H,5-6,8,10H2,1-2H3,(H,19,20). The Morgan fingerprint density at radius 1 is 1.55 bits per heavy atom. The van der Waals surface area contributed by atoms with Crippen LogP contribution in [0.25, 0.3) is 0 Å². The number of aryl methyl sites for hydroxylation is 1. The summed E-state index contributed by atoms with van der Waals surface area (Å²) in [5, 5.41) is 2.96. The molecular weight excluding hydrogens is 296 g/mol. The van der Waals surface area contributed by atoms with Gasteiger partial charge in [0, 0.05) is 23.2 Å². The molecule has 0 radical (unpaired) electrons. The zero-order valence-corrected chi connectivity index (χ0v) is 13.7. The number of hydrogen-bond acceptors (Lipinski definition) is 4. The first-order valence-corrected chi connectivity index (χ1v) is 8.36. The fraction of sp³-hybridized carbons (Fsp3) is 0.412. The maximum atomic E-state index is 12.4. The highest BCUT2D eigenvalue weighted by Crippen LogP contribution is 2.32. The number of nitrogens with one attached hydrogen (secondary N) is 1. The fourth-order valence-corrected chi connectivity index (χ4v) is 3.95. The lowest BCUT2D eigenvalue weighted by Crippen LogP contribution is -2.22. The van der Waals surface area contributed by atoms with E-state index in [4.69, 9.17) is 4.74 Å². The van der Waals surface area contributed by atoms with Gasteiger partial charge in [-0.25, -0.2) is 4.98 Å². The van der Waals surface area contributed by atoms with Gasteiger partial charge in [0.25, 0.3) is 5.91 Å². The molecule has 22 heavy (non-hydrogen) atoms. The lowest BCUT2D eigenvalue weighted by Gasteiger charge is -2.16. The molecule has 5 heteroatoms. The van der Waals surface area contributed by atoms with E-state index in [1.807, 2.05) is 12.1 Å². The first kappa shape index (κ1) is 15.0. The van der Waals surface area contributed by atoms with Crippen molar-refractivity contribution in [3.8, 4) is 5.88 Å². The SMILES string of the molecule is COc1ncccc1CNC(=O)c1cc2c(s1)CCC(C)C2. The van der Waals surface area contributed by atoms with Crippen molar-refractivity contribution in [2.24, 2.45) is 5.92 Å². The minimum Gasteiger partial charge on any atom is -0.481 e. The predicted octanol–water partition coefficient (Wildman–Crippen LogP) is 3.21. The van der Waals surface area contributed by atoms with E-state index in [1.165, 1.54) is 16.9 Å². The van der Waals surface area contributed by atoms with Crippen molar-refractivity contribution in [2.75, 3.05) is 7.11 Å². The average Bonchev–Trinajstić information content (AvgIpc) is 2.96. The van der Waals surface area contributed by atoms with Gasteiger partial charge < -0.3 is 10.1 Å². The molecule has 1 aliphatic carbocycles. The van der Waals surface area contributed by atoms with Gasteiger partial charge in [-0.3, -0.25) is 4.79 Å². The molecule has 4 nitrogen and oxygen atoms in total. The number of methoxy groups -OCH3 is 1. The Labute approximate surface area is 134 Å². The van der Waals surface area contributed by atoms with Gasteiger partial charge in [-0.2, -0.15) is 0 Å². The van der Waals surface area contributed by atoms with Crippen LogP contribution in [0.1, 0.15) is 39.0 Å². The maximum Gasteiger partial charge on any atom is 0.261 e. The summed E-state index contributed by atoms with van der Waals surface area (Å²) in [6, 6.07) is 5.81. The lowest BCUT2D eigenvalue weighted by molar-refractivity contribution is 0.0954. The second-order valence-corrected chi connectivity index (χ2v) is 6.90. The average molecular weight is 316 g/mol. The normalized spacial score (nSPS) is 16.9. The molecule has 1 atom stereocenters. The Kier molecular flexibility index (Phi) is 4.43. The van der Waals surface area contributed by atoms with Gasteiger partial charge in [0.05, 0.1) is 12.0 Å². The Balaban J connectivity index is 1.67. The molecule has 0 aromatic carbocycles. The number of amides is 1. The van der Waals surface area contributed by atoms with Crippen molar-refractivity contribution in [1.82, 2.24) is 10.3 Å². The summed E-state index contributed by atoms with van der Waals surface area (Å²) < 4.78 is 5.20. The van der Waals surface area contributed by atoms with Gasteiger partial charge >= 0.3 is 0 Å². The largest absolute Gasteiger partial charge is 0.481 e. The number of nitrogens with zero attached hydrogens (tertiary/aromatic N) is 1. The van der Waals surface area contributed by atoms with E-state index in [-0.39, 0.29) is 5.91 Å². The Hall–Kier alpha value is -1.88. The van der Waals surface area contributed by atoms with Gasteiger partial charge in [-0.1, -0.05) is 13.0 Å². The number of carbonyl (C=O) groups is 1. The predicted molar refractivity (Wildman–Crippen MR) is 87.5 cm³/mol. The number of hydrogen-bond donors (Lipinski definition) is 1. The Morgan fingerprint density at radius 3 is 3.23 bits per heavy atom. The summed E-state index contributed by atoms with van der Waals surface area (Å²) in [6.45, 7) is 2.70. The van der Waals surface area contributed by atoms with Crippen molar-refractivity contribution in [2.45, 2.75) is 32.7 Å². The number of rotatable bonds is 4. The molecule has 3 rings (SSSR count). The number of aromatic nitrogens is 1. The van der Waals surface area contributed by atoms with Crippen molar-refractivity contribution < 1.29 is 9.53 Å².